The van der Waals surface area contributed by atoms with E-state index in [1.807, 2.05) is 12.1 Å². The summed E-state index contributed by atoms with van der Waals surface area (Å²) in [6.45, 7) is 10.8. The van der Waals surface area contributed by atoms with Crippen LogP contribution in [0.5, 0.6) is 0 Å². The third-order valence-electron chi connectivity index (χ3n) is 4.95. The lowest BCUT2D eigenvalue weighted by Crippen LogP contribution is -2.48. The smallest absolute Gasteiger partial charge is 0.251 e. The lowest BCUT2D eigenvalue weighted by Gasteiger charge is -2.33. The molecule has 6 heteroatoms. The van der Waals surface area contributed by atoms with Gasteiger partial charge in [-0.25, -0.2) is 0 Å². The highest BCUT2D eigenvalue weighted by Gasteiger charge is 2.24. The summed E-state index contributed by atoms with van der Waals surface area (Å²) in [5, 5.41) is 3.00. The molecule has 0 radical (unpaired) electrons. The number of fused-ring (bicyclic) bond motifs is 1. The molecule has 0 aromatic heterocycles. The number of hydrogen-bond acceptors (Lipinski definition) is 4. The monoisotopic (exact) mass is 359 g/mol. The fourth-order valence-electron chi connectivity index (χ4n) is 3.76. The van der Waals surface area contributed by atoms with Crippen LogP contribution >= 0.6 is 0 Å². The Morgan fingerprint density at radius 2 is 2.12 bits per heavy atom. The Balaban J connectivity index is 1.55. The average molecular weight is 359 g/mol. The van der Waals surface area contributed by atoms with Gasteiger partial charge in [0.25, 0.3) is 5.91 Å². The van der Waals surface area contributed by atoms with E-state index in [0.717, 1.165) is 37.3 Å². The number of benzene rings is 1. The third-order valence-corrected chi connectivity index (χ3v) is 4.95. The minimum Gasteiger partial charge on any atom is -0.374 e. The molecule has 1 N–H and O–H groups in total. The van der Waals surface area contributed by atoms with Crippen LogP contribution in [0.4, 0.5) is 5.69 Å². The summed E-state index contributed by atoms with van der Waals surface area (Å²) in [7, 11) is 0. The van der Waals surface area contributed by atoms with Crippen molar-refractivity contribution in [3.8, 4) is 0 Å². The van der Waals surface area contributed by atoms with Crippen molar-refractivity contribution in [2.75, 3.05) is 44.2 Å². The molecule has 1 saturated heterocycles. The second-order valence-electron chi connectivity index (χ2n) is 7.62. The van der Waals surface area contributed by atoms with Crippen LogP contribution in [0.2, 0.25) is 0 Å². The number of ether oxygens (including phenoxy) is 1. The predicted octanol–water partition coefficient (Wildman–Crippen LogP) is 1.68. The van der Waals surface area contributed by atoms with Crippen molar-refractivity contribution in [1.29, 1.82) is 0 Å². The summed E-state index contributed by atoms with van der Waals surface area (Å²) >= 11 is 0. The van der Waals surface area contributed by atoms with Crippen LogP contribution in [0.15, 0.2) is 18.2 Å². The summed E-state index contributed by atoms with van der Waals surface area (Å²) < 4.78 is 5.79. The molecular weight excluding hydrogens is 330 g/mol. The van der Waals surface area contributed by atoms with Gasteiger partial charge in [0.05, 0.1) is 12.7 Å². The number of rotatable bonds is 5. The molecular formula is C20H29N3O3. The molecule has 2 heterocycles. The van der Waals surface area contributed by atoms with Crippen molar-refractivity contribution in [3.63, 3.8) is 0 Å². The van der Waals surface area contributed by atoms with Crippen LogP contribution in [0.1, 0.15) is 36.7 Å². The molecule has 0 saturated carbocycles. The van der Waals surface area contributed by atoms with Crippen LogP contribution in [-0.2, 0) is 16.0 Å². The van der Waals surface area contributed by atoms with E-state index in [9.17, 15) is 9.59 Å². The van der Waals surface area contributed by atoms with Gasteiger partial charge >= 0.3 is 0 Å². The standard InChI is InChI=1S/C20H29N3O3/c1-14(2)12-22-8-9-26-18(13-22)11-21-20(25)17-4-5-19-16(10-17)6-7-23(19)15(3)24/h4-5,10,14,18H,6-9,11-13H2,1-3H3,(H,21,25). The average Bonchev–Trinajstić information content (AvgIpc) is 3.02. The van der Waals surface area contributed by atoms with Gasteiger partial charge < -0.3 is 15.0 Å². The second kappa shape index (κ2) is 8.18. The highest BCUT2D eigenvalue weighted by atomic mass is 16.5. The Kier molecular flexibility index (Phi) is 5.94. The van der Waals surface area contributed by atoms with Crippen molar-refractivity contribution in [2.24, 2.45) is 5.92 Å². The number of carbonyl (C=O) groups excluding carboxylic acids is 2. The Bertz CT molecular complexity index is 674. The topological polar surface area (TPSA) is 61.9 Å². The van der Waals surface area contributed by atoms with Gasteiger partial charge in [0.1, 0.15) is 0 Å². The van der Waals surface area contributed by atoms with E-state index in [2.05, 4.69) is 24.1 Å². The zero-order valence-corrected chi connectivity index (χ0v) is 16.0. The quantitative estimate of drug-likeness (QED) is 0.869. The SMILES string of the molecule is CC(=O)N1CCc2cc(C(=O)NCC3CN(CC(C)C)CCO3)ccc21. The number of nitrogens with zero attached hydrogens (tertiary/aromatic N) is 2. The van der Waals surface area contributed by atoms with E-state index in [0.29, 0.717) is 31.2 Å². The van der Waals surface area contributed by atoms with Gasteiger partial charge in [-0.1, -0.05) is 13.8 Å². The van der Waals surface area contributed by atoms with E-state index in [1.165, 1.54) is 0 Å². The minimum absolute atomic E-state index is 0.0362. The van der Waals surface area contributed by atoms with Gasteiger partial charge in [0.15, 0.2) is 0 Å². The third kappa shape index (κ3) is 4.43. The fraction of sp³-hybridized carbons (Fsp3) is 0.600. The van der Waals surface area contributed by atoms with E-state index in [4.69, 9.17) is 4.74 Å². The van der Waals surface area contributed by atoms with Crippen LogP contribution in [0, 0.1) is 5.92 Å². The highest BCUT2D eigenvalue weighted by molar-refractivity contribution is 5.97. The van der Waals surface area contributed by atoms with Gasteiger partial charge in [-0.15, -0.1) is 0 Å². The molecule has 1 atom stereocenters. The predicted molar refractivity (Wildman–Crippen MR) is 102 cm³/mol. The summed E-state index contributed by atoms with van der Waals surface area (Å²) in [5.41, 5.74) is 2.63. The first-order chi connectivity index (χ1) is 12.4. The molecule has 2 aliphatic rings. The molecule has 0 spiro atoms. The summed E-state index contributed by atoms with van der Waals surface area (Å²) in [6.07, 6.45) is 0.834. The Morgan fingerprint density at radius 1 is 1.31 bits per heavy atom. The second-order valence-corrected chi connectivity index (χ2v) is 7.62. The Morgan fingerprint density at radius 3 is 2.85 bits per heavy atom. The van der Waals surface area contributed by atoms with E-state index < -0.39 is 0 Å². The van der Waals surface area contributed by atoms with Gasteiger partial charge in [0.2, 0.25) is 5.91 Å². The largest absolute Gasteiger partial charge is 0.374 e. The van der Waals surface area contributed by atoms with Crippen LogP contribution in [0.25, 0.3) is 0 Å². The molecule has 0 aliphatic carbocycles. The van der Waals surface area contributed by atoms with Crippen molar-refractivity contribution < 1.29 is 14.3 Å². The molecule has 142 valence electrons. The minimum atomic E-state index is -0.0846. The Labute approximate surface area is 155 Å². The Hall–Kier alpha value is -1.92. The van der Waals surface area contributed by atoms with Gasteiger partial charge in [-0.05, 0) is 36.1 Å². The molecule has 1 fully saturated rings. The number of carbonyl (C=O) groups is 2. The maximum absolute atomic E-state index is 12.5. The van der Waals surface area contributed by atoms with Crippen LogP contribution in [-0.4, -0.2) is 62.1 Å². The van der Waals surface area contributed by atoms with Crippen molar-refractivity contribution >= 4 is 17.5 Å². The maximum Gasteiger partial charge on any atom is 0.251 e. The summed E-state index contributed by atoms with van der Waals surface area (Å²) in [4.78, 5) is 28.3. The maximum atomic E-state index is 12.5. The summed E-state index contributed by atoms with van der Waals surface area (Å²) in [6, 6.07) is 5.57. The zero-order chi connectivity index (χ0) is 18.7. The normalized spacial score (nSPS) is 20.3. The molecule has 26 heavy (non-hydrogen) atoms. The lowest BCUT2D eigenvalue weighted by atomic mass is 10.1. The lowest BCUT2D eigenvalue weighted by molar-refractivity contribution is -0.116. The molecule has 1 aromatic rings. The summed E-state index contributed by atoms with van der Waals surface area (Å²) in [5.74, 6) is 0.587. The van der Waals surface area contributed by atoms with Crippen molar-refractivity contribution in [3.05, 3.63) is 29.3 Å². The van der Waals surface area contributed by atoms with Gasteiger partial charge in [-0.2, -0.15) is 0 Å². The molecule has 2 aliphatic heterocycles. The number of anilines is 1. The van der Waals surface area contributed by atoms with Crippen molar-refractivity contribution in [1.82, 2.24) is 10.2 Å². The number of amides is 2. The van der Waals surface area contributed by atoms with Crippen LogP contribution in [0.3, 0.4) is 0 Å². The number of morpholine rings is 1. The van der Waals surface area contributed by atoms with E-state index in [1.54, 1.807) is 17.9 Å². The van der Waals surface area contributed by atoms with E-state index >= 15 is 0 Å². The zero-order valence-electron chi connectivity index (χ0n) is 16.0. The molecule has 6 nitrogen and oxygen atoms in total. The number of hydrogen-bond donors (Lipinski definition) is 1. The highest BCUT2D eigenvalue weighted by Crippen LogP contribution is 2.28. The molecule has 2 amide bonds. The van der Waals surface area contributed by atoms with Gasteiger partial charge in [0, 0.05) is 50.9 Å². The first-order valence-electron chi connectivity index (χ1n) is 9.47. The first kappa shape index (κ1) is 18.9. The molecule has 1 unspecified atom stereocenters. The van der Waals surface area contributed by atoms with E-state index in [-0.39, 0.29) is 17.9 Å². The van der Waals surface area contributed by atoms with Crippen LogP contribution < -0.4 is 10.2 Å². The van der Waals surface area contributed by atoms with Gasteiger partial charge in [-0.3, -0.25) is 14.5 Å². The first-order valence-corrected chi connectivity index (χ1v) is 9.47. The number of nitrogens with one attached hydrogen (secondary N) is 1. The molecule has 0 bridgehead atoms. The van der Waals surface area contributed by atoms with Crippen molar-refractivity contribution in [2.45, 2.75) is 33.3 Å². The molecule has 1 aromatic carbocycles. The molecule has 3 rings (SSSR count). The fourth-order valence-corrected chi connectivity index (χ4v) is 3.76.